The van der Waals surface area contributed by atoms with E-state index in [1.165, 1.54) is 4.90 Å². The van der Waals surface area contributed by atoms with Gasteiger partial charge in [-0.15, -0.1) is 0 Å². The molecular formula is C9H15FN2O3. The topological polar surface area (TPSA) is 61.8 Å². The Morgan fingerprint density at radius 1 is 1.67 bits per heavy atom. The molecule has 0 saturated carbocycles. The third kappa shape index (κ3) is 2.05. The lowest BCUT2D eigenvalue weighted by atomic mass is 10.2. The van der Waals surface area contributed by atoms with Crippen molar-refractivity contribution in [2.75, 3.05) is 19.7 Å². The first-order valence-electron chi connectivity index (χ1n) is 5.17. The summed E-state index contributed by atoms with van der Waals surface area (Å²) in [5.41, 5.74) is 0. The van der Waals surface area contributed by atoms with Crippen LogP contribution in [0.3, 0.4) is 0 Å². The van der Waals surface area contributed by atoms with E-state index in [9.17, 15) is 9.18 Å². The van der Waals surface area contributed by atoms with Gasteiger partial charge in [-0.3, -0.25) is 4.90 Å². The van der Waals surface area contributed by atoms with Gasteiger partial charge in [0.15, 0.2) is 6.23 Å². The van der Waals surface area contributed by atoms with Gasteiger partial charge in [0, 0.05) is 19.5 Å². The van der Waals surface area contributed by atoms with Gasteiger partial charge in [-0.1, -0.05) is 0 Å². The zero-order valence-corrected chi connectivity index (χ0v) is 8.36. The Hall–Kier alpha value is -0.880. The predicted molar refractivity (Wildman–Crippen MR) is 50.0 cm³/mol. The van der Waals surface area contributed by atoms with Crippen molar-refractivity contribution in [1.29, 1.82) is 0 Å². The van der Waals surface area contributed by atoms with E-state index in [2.05, 4.69) is 5.32 Å². The Morgan fingerprint density at radius 3 is 3.07 bits per heavy atom. The summed E-state index contributed by atoms with van der Waals surface area (Å²) in [6.07, 6.45) is -1.57. The maximum absolute atomic E-state index is 13.5. The van der Waals surface area contributed by atoms with E-state index in [1.807, 2.05) is 0 Å². The summed E-state index contributed by atoms with van der Waals surface area (Å²) in [6.45, 7) is 0.934. The lowest BCUT2D eigenvalue weighted by Gasteiger charge is -2.32. The molecule has 0 aromatic carbocycles. The van der Waals surface area contributed by atoms with Gasteiger partial charge < -0.3 is 15.2 Å². The SMILES string of the molecule is O=C1NCCCN1[C@@H]1OC(CO)CC1F. The summed E-state index contributed by atoms with van der Waals surface area (Å²) in [4.78, 5) is 12.8. The Kier molecular flexibility index (Phi) is 3.06. The summed E-state index contributed by atoms with van der Waals surface area (Å²) in [6, 6.07) is -0.285. The van der Waals surface area contributed by atoms with Crippen LogP contribution < -0.4 is 5.32 Å². The monoisotopic (exact) mass is 218 g/mol. The van der Waals surface area contributed by atoms with Gasteiger partial charge in [-0.05, 0) is 6.42 Å². The lowest BCUT2D eigenvalue weighted by Crippen LogP contribution is -2.53. The summed E-state index contributed by atoms with van der Waals surface area (Å²) < 4.78 is 18.8. The first-order valence-corrected chi connectivity index (χ1v) is 5.17. The Balaban J connectivity index is 2.00. The van der Waals surface area contributed by atoms with Crippen LogP contribution in [0.1, 0.15) is 12.8 Å². The standard InChI is InChI=1S/C9H15FN2O3/c10-7-4-6(5-13)15-8(7)12-3-1-2-11-9(12)14/h6-8,13H,1-5H2,(H,11,14)/t6?,7?,8-/m1/s1. The highest BCUT2D eigenvalue weighted by molar-refractivity contribution is 5.75. The van der Waals surface area contributed by atoms with E-state index in [0.29, 0.717) is 13.1 Å². The molecule has 2 rings (SSSR count). The molecular weight excluding hydrogens is 203 g/mol. The molecule has 2 saturated heterocycles. The fourth-order valence-corrected chi connectivity index (χ4v) is 1.98. The second-order valence-corrected chi connectivity index (χ2v) is 3.86. The summed E-state index contributed by atoms with van der Waals surface area (Å²) in [5, 5.41) is 11.5. The molecule has 86 valence electrons. The summed E-state index contributed by atoms with van der Waals surface area (Å²) in [5.74, 6) is 0. The minimum absolute atomic E-state index is 0.158. The maximum Gasteiger partial charge on any atom is 0.319 e. The van der Waals surface area contributed by atoms with Crippen molar-refractivity contribution in [2.24, 2.45) is 0 Å². The van der Waals surface area contributed by atoms with E-state index in [1.54, 1.807) is 0 Å². The number of alkyl halides is 1. The quantitative estimate of drug-likeness (QED) is 0.677. The van der Waals surface area contributed by atoms with Crippen LogP contribution >= 0.6 is 0 Å². The van der Waals surface area contributed by atoms with Gasteiger partial charge in [0.1, 0.15) is 6.17 Å². The molecule has 0 radical (unpaired) electrons. The minimum Gasteiger partial charge on any atom is -0.394 e. The van der Waals surface area contributed by atoms with Crippen LogP contribution in [0.2, 0.25) is 0 Å². The number of hydrogen-bond acceptors (Lipinski definition) is 3. The van der Waals surface area contributed by atoms with Crippen LogP contribution in [0.4, 0.5) is 9.18 Å². The van der Waals surface area contributed by atoms with Gasteiger partial charge in [0.05, 0.1) is 12.7 Å². The molecule has 2 amide bonds. The third-order valence-corrected chi connectivity index (χ3v) is 2.75. The number of ether oxygens (including phenoxy) is 1. The second kappa shape index (κ2) is 4.32. The zero-order valence-electron chi connectivity index (χ0n) is 8.36. The largest absolute Gasteiger partial charge is 0.394 e. The van der Waals surface area contributed by atoms with E-state index < -0.39 is 18.5 Å². The summed E-state index contributed by atoms with van der Waals surface area (Å²) in [7, 11) is 0. The van der Waals surface area contributed by atoms with Crippen LogP contribution in [-0.4, -0.2) is 54.2 Å². The second-order valence-electron chi connectivity index (χ2n) is 3.86. The van der Waals surface area contributed by atoms with E-state index in [-0.39, 0.29) is 19.1 Å². The van der Waals surface area contributed by atoms with Crippen molar-refractivity contribution >= 4 is 6.03 Å². The van der Waals surface area contributed by atoms with E-state index >= 15 is 0 Å². The molecule has 0 aliphatic carbocycles. The number of aliphatic hydroxyl groups excluding tert-OH is 1. The number of carbonyl (C=O) groups is 1. The molecule has 2 unspecified atom stereocenters. The number of rotatable bonds is 2. The molecule has 2 aliphatic heterocycles. The van der Waals surface area contributed by atoms with E-state index in [0.717, 1.165) is 6.42 Å². The molecule has 0 aromatic heterocycles. The predicted octanol–water partition coefficient (Wildman–Crippen LogP) is -0.153. The lowest BCUT2D eigenvalue weighted by molar-refractivity contribution is -0.0688. The van der Waals surface area contributed by atoms with Gasteiger partial charge in [0.2, 0.25) is 0 Å². The molecule has 0 bridgehead atoms. The van der Waals surface area contributed by atoms with Gasteiger partial charge in [0.25, 0.3) is 0 Å². The zero-order chi connectivity index (χ0) is 10.8. The molecule has 3 atom stereocenters. The average Bonchev–Trinajstić information content (AvgIpc) is 2.60. The molecule has 2 aliphatic rings. The molecule has 5 nitrogen and oxygen atoms in total. The highest BCUT2D eigenvalue weighted by Crippen LogP contribution is 2.26. The Morgan fingerprint density at radius 2 is 2.47 bits per heavy atom. The smallest absolute Gasteiger partial charge is 0.319 e. The maximum atomic E-state index is 13.5. The fraction of sp³-hybridized carbons (Fsp3) is 0.889. The first-order chi connectivity index (χ1) is 7.22. The highest BCUT2D eigenvalue weighted by atomic mass is 19.1. The number of hydrogen-bond donors (Lipinski definition) is 2. The fourth-order valence-electron chi connectivity index (χ4n) is 1.98. The number of nitrogens with one attached hydrogen (secondary N) is 1. The van der Waals surface area contributed by atoms with E-state index in [4.69, 9.17) is 9.84 Å². The Bertz CT molecular complexity index is 252. The molecule has 2 heterocycles. The van der Waals surface area contributed by atoms with Crippen molar-refractivity contribution < 1.29 is 19.0 Å². The molecule has 0 spiro atoms. The van der Waals surface area contributed by atoms with Crippen molar-refractivity contribution in [3.05, 3.63) is 0 Å². The van der Waals surface area contributed by atoms with Crippen molar-refractivity contribution in [1.82, 2.24) is 10.2 Å². The van der Waals surface area contributed by atoms with Crippen LogP contribution in [0, 0.1) is 0 Å². The molecule has 15 heavy (non-hydrogen) atoms. The molecule has 0 aromatic rings. The normalized spacial score (nSPS) is 36.8. The van der Waals surface area contributed by atoms with Gasteiger partial charge in [-0.2, -0.15) is 0 Å². The number of amides is 2. The number of nitrogens with zero attached hydrogens (tertiary/aromatic N) is 1. The van der Waals surface area contributed by atoms with Crippen molar-refractivity contribution in [3.8, 4) is 0 Å². The van der Waals surface area contributed by atoms with Crippen LogP contribution in [0.5, 0.6) is 0 Å². The molecule has 2 N–H and O–H groups in total. The van der Waals surface area contributed by atoms with Crippen LogP contribution in [-0.2, 0) is 4.74 Å². The first kappa shape index (κ1) is 10.6. The average molecular weight is 218 g/mol. The third-order valence-electron chi connectivity index (χ3n) is 2.75. The summed E-state index contributed by atoms with van der Waals surface area (Å²) >= 11 is 0. The number of carbonyl (C=O) groups excluding carboxylic acids is 1. The van der Waals surface area contributed by atoms with Gasteiger partial charge in [-0.25, -0.2) is 9.18 Å². The number of aliphatic hydroxyl groups is 1. The number of halogens is 1. The Labute approximate surface area is 87.2 Å². The van der Waals surface area contributed by atoms with Crippen molar-refractivity contribution in [3.63, 3.8) is 0 Å². The van der Waals surface area contributed by atoms with Crippen molar-refractivity contribution in [2.45, 2.75) is 31.3 Å². The van der Waals surface area contributed by atoms with Crippen LogP contribution in [0.25, 0.3) is 0 Å². The van der Waals surface area contributed by atoms with Crippen LogP contribution in [0.15, 0.2) is 0 Å². The minimum atomic E-state index is -1.20. The molecule has 6 heteroatoms. The number of urea groups is 1. The van der Waals surface area contributed by atoms with Gasteiger partial charge >= 0.3 is 6.03 Å². The highest BCUT2D eigenvalue weighted by Gasteiger charge is 2.41. The molecule has 2 fully saturated rings.